The monoisotopic (exact) mass is 580 g/mol. The van der Waals surface area contributed by atoms with Crippen LogP contribution in [0.3, 0.4) is 0 Å². The van der Waals surface area contributed by atoms with Crippen molar-refractivity contribution in [2.75, 3.05) is 26.2 Å². The number of rotatable bonds is 35. The molecule has 0 rings (SSSR count). The molecule has 3 nitrogen and oxygen atoms in total. The van der Waals surface area contributed by atoms with E-state index in [0.29, 0.717) is 6.04 Å². The van der Waals surface area contributed by atoms with E-state index in [-0.39, 0.29) is 6.04 Å². The van der Waals surface area contributed by atoms with Crippen LogP contribution >= 0.6 is 0 Å². The van der Waals surface area contributed by atoms with Gasteiger partial charge >= 0.3 is 0 Å². The molecule has 0 fully saturated rings. The molecule has 2 atom stereocenters. The van der Waals surface area contributed by atoms with Gasteiger partial charge in [0.1, 0.15) is 0 Å². The lowest BCUT2D eigenvalue weighted by Gasteiger charge is -2.27. The summed E-state index contributed by atoms with van der Waals surface area (Å²) in [5, 5.41) is 3.65. The minimum Gasteiger partial charge on any atom is -0.327 e. The standard InChI is InChI=1S/C38H81N3/c1-5-7-9-11-13-15-17-19-21-23-25-27-29-31-33-41(36-38(4)40-35-37(3)39)34-32-30-28-26-24-22-20-18-16-14-12-10-8-6-2/h37-38,40H,5-36,39H2,1-4H3. The summed E-state index contributed by atoms with van der Waals surface area (Å²) >= 11 is 0. The van der Waals surface area contributed by atoms with Crippen molar-refractivity contribution >= 4 is 0 Å². The first-order valence-corrected chi connectivity index (χ1v) is 19.3. The minimum atomic E-state index is 0.238. The maximum absolute atomic E-state index is 5.98. The summed E-state index contributed by atoms with van der Waals surface area (Å²) < 4.78 is 0. The van der Waals surface area contributed by atoms with E-state index in [2.05, 4.69) is 37.9 Å². The Morgan fingerprint density at radius 1 is 0.439 bits per heavy atom. The summed E-state index contributed by atoms with van der Waals surface area (Å²) in [6.45, 7) is 13.7. The fraction of sp³-hybridized carbons (Fsp3) is 1.00. The highest BCUT2D eigenvalue weighted by Crippen LogP contribution is 2.15. The van der Waals surface area contributed by atoms with Gasteiger partial charge in [-0.1, -0.05) is 181 Å². The summed E-state index contributed by atoms with van der Waals surface area (Å²) in [6, 6.07) is 0.766. The van der Waals surface area contributed by atoms with E-state index in [1.807, 2.05) is 0 Å². The summed E-state index contributed by atoms with van der Waals surface area (Å²) in [6.07, 6.45) is 40.3. The zero-order valence-corrected chi connectivity index (χ0v) is 29.3. The van der Waals surface area contributed by atoms with Crippen LogP contribution in [-0.4, -0.2) is 43.2 Å². The van der Waals surface area contributed by atoms with Gasteiger partial charge in [-0.25, -0.2) is 0 Å². The van der Waals surface area contributed by atoms with Crippen molar-refractivity contribution in [3.05, 3.63) is 0 Å². The van der Waals surface area contributed by atoms with E-state index in [1.165, 1.54) is 199 Å². The predicted octanol–water partition coefficient (Wildman–Crippen LogP) is 11.6. The molecule has 0 aromatic rings. The van der Waals surface area contributed by atoms with E-state index in [0.717, 1.165) is 6.54 Å². The zero-order valence-electron chi connectivity index (χ0n) is 29.3. The number of nitrogens with two attached hydrogens (primary N) is 1. The molecule has 0 aliphatic carbocycles. The molecule has 0 aliphatic heterocycles. The molecular weight excluding hydrogens is 498 g/mol. The van der Waals surface area contributed by atoms with Gasteiger partial charge < -0.3 is 16.0 Å². The Morgan fingerprint density at radius 3 is 0.976 bits per heavy atom. The first-order valence-electron chi connectivity index (χ1n) is 19.3. The fourth-order valence-electron chi connectivity index (χ4n) is 6.19. The van der Waals surface area contributed by atoms with Crippen LogP contribution in [0.5, 0.6) is 0 Å². The Kier molecular flexibility index (Phi) is 34.3. The maximum Gasteiger partial charge on any atom is 0.0167 e. The van der Waals surface area contributed by atoms with E-state index >= 15 is 0 Å². The second-order valence-electron chi connectivity index (χ2n) is 13.8. The third-order valence-electron chi connectivity index (χ3n) is 8.98. The highest BCUT2D eigenvalue weighted by Gasteiger charge is 2.10. The molecule has 3 N–H and O–H groups in total. The largest absolute Gasteiger partial charge is 0.327 e. The lowest BCUT2D eigenvalue weighted by molar-refractivity contribution is 0.235. The molecular formula is C38H81N3. The molecule has 0 bridgehead atoms. The fourth-order valence-corrected chi connectivity index (χ4v) is 6.19. The molecule has 248 valence electrons. The molecule has 0 saturated carbocycles. The van der Waals surface area contributed by atoms with E-state index in [4.69, 9.17) is 5.73 Å². The highest BCUT2D eigenvalue weighted by molar-refractivity contribution is 4.71. The highest BCUT2D eigenvalue weighted by atomic mass is 15.1. The molecule has 0 radical (unpaired) electrons. The molecule has 0 heterocycles. The molecule has 3 heteroatoms. The van der Waals surface area contributed by atoms with Crippen molar-refractivity contribution in [3.8, 4) is 0 Å². The van der Waals surface area contributed by atoms with Gasteiger partial charge in [-0.05, 0) is 39.8 Å². The van der Waals surface area contributed by atoms with Crippen LogP contribution in [0.15, 0.2) is 0 Å². The van der Waals surface area contributed by atoms with Crippen LogP contribution in [0.2, 0.25) is 0 Å². The summed E-state index contributed by atoms with van der Waals surface area (Å²) in [7, 11) is 0. The maximum atomic E-state index is 5.98. The summed E-state index contributed by atoms with van der Waals surface area (Å²) in [4.78, 5) is 2.75. The van der Waals surface area contributed by atoms with Crippen molar-refractivity contribution in [2.45, 2.75) is 220 Å². The van der Waals surface area contributed by atoms with Gasteiger partial charge in [0, 0.05) is 25.2 Å². The third kappa shape index (κ3) is 34.2. The first kappa shape index (κ1) is 40.9. The van der Waals surface area contributed by atoms with Crippen molar-refractivity contribution in [1.82, 2.24) is 10.2 Å². The van der Waals surface area contributed by atoms with Gasteiger partial charge in [0.05, 0.1) is 0 Å². The SMILES string of the molecule is CCCCCCCCCCCCCCCCN(CCCCCCCCCCCCCCCC)CC(C)NCC(C)N. The van der Waals surface area contributed by atoms with E-state index in [9.17, 15) is 0 Å². The Morgan fingerprint density at radius 2 is 0.707 bits per heavy atom. The molecule has 0 amide bonds. The van der Waals surface area contributed by atoms with Gasteiger partial charge in [-0.2, -0.15) is 0 Å². The molecule has 0 aliphatic rings. The van der Waals surface area contributed by atoms with Gasteiger partial charge in [-0.15, -0.1) is 0 Å². The van der Waals surface area contributed by atoms with Crippen molar-refractivity contribution in [1.29, 1.82) is 0 Å². The molecule has 0 saturated heterocycles. The van der Waals surface area contributed by atoms with Gasteiger partial charge in [0.2, 0.25) is 0 Å². The van der Waals surface area contributed by atoms with Crippen molar-refractivity contribution in [2.24, 2.45) is 5.73 Å². The number of nitrogens with one attached hydrogen (secondary N) is 1. The molecule has 41 heavy (non-hydrogen) atoms. The van der Waals surface area contributed by atoms with Gasteiger partial charge in [0.15, 0.2) is 0 Å². The zero-order chi connectivity index (χ0) is 30.1. The second kappa shape index (κ2) is 34.4. The van der Waals surface area contributed by atoms with E-state index < -0.39 is 0 Å². The Labute approximate surface area is 261 Å². The van der Waals surface area contributed by atoms with Gasteiger partial charge in [-0.3, -0.25) is 0 Å². The number of unbranched alkanes of at least 4 members (excludes halogenated alkanes) is 26. The Balaban J connectivity index is 3.83. The van der Waals surface area contributed by atoms with Gasteiger partial charge in [0.25, 0.3) is 0 Å². The summed E-state index contributed by atoms with van der Waals surface area (Å²) in [5.74, 6) is 0. The third-order valence-corrected chi connectivity index (χ3v) is 8.98. The second-order valence-corrected chi connectivity index (χ2v) is 13.8. The predicted molar refractivity (Wildman–Crippen MR) is 188 cm³/mol. The van der Waals surface area contributed by atoms with Crippen LogP contribution in [0.4, 0.5) is 0 Å². The van der Waals surface area contributed by atoms with Crippen molar-refractivity contribution < 1.29 is 0 Å². The molecule has 0 aromatic heterocycles. The first-order chi connectivity index (χ1) is 20.1. The smallest absolute Gasteiger partial charge is 0.0167 e. The quantitative estimate of drug-likeness (QED) is 0.0734. The average molecular weight is 580 g/mol. The van der Waals surface area contributed by atoms with Crippen LogP contribution in [-0.2, 0) is 0 Å². The van der Waals surface area contributed by atoms with Crippen LogP contribution < -0.4 is 11.1 Å². The van der Waals surface area contributed by atoms with Crippen LogP contribution in [0.25, 0.3) is 0 Å². The van der Waals surface area contributed by atoms with Crippen LogP contribution in [0, 0.1) is 0 Å². The van der Waals surface area contributed by atoms with Crippen LogP contribution in [0.1, 0.15) is 207 Å². The number of nitrogens with zero attached hydrogens (tertiary/aromatic N) is 1. The Hall–Kier alpha value is -0.120. The molecule has 2 unspecified atom stereocenters. The molecule has 0 aromatic carbocycles. The molecule has 0 spiro atoms. The van der Waals surface area contributed by atoms with E-state index in [1.54, 1.807) is 0 Å². The summed E-state index contributed by atoms with van der Waals surface area (Å²) in [5.41, 5.74) is 5.98. The number of hydrogen-bond acceptors (Lipinski definition) is 3. The normalized spacial score (nSPS) is 13.3. The topological polar surface area (TPSA) is 41.3 Å². The van der Waals surface area contributed by atoms with Crippen molar-refractivity contribution in [3.63, 3.8) is 0 Å². The lowest BCUT2D eigenvalue weighted by Crippen LogP contribution is -2.43. The lowest BCUT2D eigenvalue weighted by atomic mass is 10.0. The minimum absolute atomic E-state index is 0.238. The number of hydrogen-bond donors (Lipinski definition) is 2. The average Bonchev–Trinajstić information content (AvgIpc) is 2.96. The Bertz CT molecular complexity index is 434.